The quantitative estimate of drug-likeness (QED) is 0.516. The van der Waals surface area contributed by atoms with Crippen molar-refractivity contribution in [1.29, 1.82) is 0 Å². The van der Waals surface area contributed by atoms with Crippen LogP contribution in [0.25, 0.3) is 0 Å². The van der Waals surface area contributed by atoms with Crippen molar-refractivity contribution in [1.82, 2.24) is 4.90 Å². The molecule has 168 valence electrons. The molecule has 4 nitrogen and oxygen atoms in total. The Morgan fingerprint density at radius 1 is 1.10 bits per heavy atom. The van der Waals surface area contributed by atoms with Gasteiger partial charge in [-0.05, 0) is 44.2 Å². The molecule has 0 spiro atoms. The molecule has 31 heavy (non-hydrogen) atoms. The molecule has 0 N–H and O–H groups in total. The summed E-state index contributed by atoms with van der Waals surface area (Å²) in [5, 5.41) is 0. The molecule has 1 saturated heterocycles. The Morgan fingerprint density at radius 3 is 2.48 bits per heavy atom. The average Bonchev–Trinajstić information content (AvgIpc) is 2.82. The number of ether oxygens (including phenoxy) is 2. The van der Waals surface area contributed by atoms with Crippen molar-refractivity contribution in [3.63, 3.8) is 0 Å². The molecule has 2 atom stereocenters. The maximum atomic E-state index is 12.8. The number of rotatable bonds is 9. The first kappa shape index (κ1) is 23.3. The highest BCUT2D eigenvalue weighted by molar-refractivity contribution is 5.75. The van der Waals surface area contributed by atoms with E-state index in [1.54, 1.807) is 7.11 Å². The van der Waals surface area contributed by atoms with Crippen LogP contribution >= 0.6 is 0 Å². The van der Waals surface area contributed by atoms with E-state index in [1.165, 1.54) is 11.1 Å². The van der Waals surface area contributed by atoms with Gasteiger partial charge < -0.3 is 14.4 Å². The van der Waals surface area contributed by atoms with E-state index >= 15 is 0 Å². The van der Waals surface area contributed by atoms with Crippen molar-refractivity contribution < 1.29 is 14.3 Å². The largest absolute Gasteiger partial charge is 0.496 e. The number of methoxy groups -OCH3 is 1. The lowest BCUT2D eigenvalue weighted by molar-refractivity contribution is -0.132. The molecule has 0 unspecified atom stereocenters. The Labute approximate surface area is 187 Å². The number of nitrogens with zero attached hydrogens (tertiary/aromatic N) is 1. The maximum absolute atomic E-state index is 12.8. The Bertz CT molecular complexity index is 853. The highest BCUT2D eigenvalue weighted by Crippen LogP contribution is 2.48. The summed E-state index contributed by atoms with van der Waals surface area (Å²) in [6, 6.07) is 18.6. The molecule has 0 saturated carbocycles. The summed E-state index contributed by atoms with van der Waals surface area (Å²) in [5.41, 5.74) is 2.15. The molecule has 0 radical (unpaired) electrons. The fourth-order valence-electron chi connectivity index (χ4n) is 4.90. The highest BCUT2D eigenvalue weighted by atomic mass is 16.5. The molecule has 4 heteroatoms. The normalized spacial score (nSPS) is 23.4. The lowest BCUT2D eigenvalue weighted by Gasteiger charge is -2.47. The summed E-state index contributed by atoms with van der Waals surface area (Å²) < 4.78 is 12.0. The van der Waals surface area contributed by atoms with E-state index in [0.29, 0.717) is 13.0 Å². The SMILES string of the molecule is CCC(=O)N(CC[C@]1(c2ccccc2OC)CCO[C@@](C)(CC)C1)Cc1ccccc1. The summed E-state index contributed by atoms with van der Waals surface area (Å²) in [7, 11) is 1.74. The van der Waals surface area contributed by atoms with Gasteiger partial charge in [0.05, 0.1) is 12.7 Å². The van der Waals surface area contributed by atoms with Crippen LogP contribution < -0.4 is 4.74 Å². The molecule has 0 bridgehead atoms. The van der Waals surface area contributed by atoms with Gasteiger partial charge in [0.2, 0.25) is 5.91 Å². The molecule has 1 amide bonds. The van der Waals surface area contributed by atoms with Gasteiger partial charge in [0, 0.05) is 37.1 Å². The molecular weight excluding hydrogens is 386 g/mol. The number of carbonyl (C=O) groups excluding carboxylic acids is 1. The number of amides is 1. The van der Waals surface area contributed by atoms with E-state index in [4.69, 9.17) is 9.47 Å². The van der Waals surface area contributed by atoms with Crippen LogP contribution in [0.3, 0.4) is 0 Å². The van der Waals surface area contributed by atoms with Gasteiger partial charge in [0.1, 0.15) is 5.75 Å². The second kappa shape index (κ2) is 10.3. The Balaban J connectivity index is 1.91. The van der Waals surface area contributed by atoms with E-state index in [-0.39, 0.29) is 16.9 Å². The van der Waals surface area contributed by atoms with Crippen LogP contribution in [0.2, 0.25) is 0 Å². The van der Waals surface area contributed by atoms with E-state index in [9.17, 15) is 4.79 Å². The van der Waals surface area contributed by atoms with E-state index < -0.39 is 0 Å². The Morgan fingerprint density at radius 2 is 1.81 bits per heavy atom. The summed E-state index contributed by atoms with van der Waals surface area (Å²) in [4.78, 5) is 14.8. The predicted molar refractivity (Wildman–Crippen MR) is 125 cm³/mol. The number of benzene rings is 2. The number of hydrogen-bond acceptors (Lipinski definition) is 3. The first-order valence-corrected chi connectivity index (χ1v) is 11.5. The van der Waals surface area contributed by atoms with Gasteiger partial charge in [-0.3, -0.25) is 4.79 Å². The smallest absolute Gasteiger partial charge is 0.222 e. The number of para-hydroxylation sites is 1. The van der Waals surface area contributed by atoms with Crippen LogP contribution in [0.15, 0.2) is 54.6 Å². The van der Waals surface area contributed by atoms with Crippen LogP contribution in [-0.4, -0.2) is 36.7 Å². The average molecular weight is 424 g/mol. The van der Waals surface area contributed by atoms with Crippen molar-refractivity contribution >= 4 is 5.91 Å². The minimum absolute atomic E-state index is 0.0847. The molecule has 3 rings (SSSR count). The molecule has 1 fully saturated rings. The molecular formula is C27H37NO3. The zero-order valence-corrected chi connectivity index (χ0v) is 19.5. The Hall–Kier alpha value is -2.33. The van der Waals surface area contributed by atoms with Gasteiger partial charge in [-0.1, -0.05) is 62.4 Å². The topological polar surface area (TPSA) is 38.8 Å². The third kappa shape index (κ3) is 5.48. The van der Waals surface area contributed by atoms with Crippen LogP contribution in [0.1, 0.15) is 64.0 Å². The lowest BCUT2D eigenvalue weighted by atomic mass is 9.66. The van der Waals surface area contributed by atoms with E-state index in [2.05, 4.69) is 44.2 Å². The molecule has 1 heterocycles. The fourth-order valence-corrected chi connectivity index (χ4v) is 4.90. The molecule has 1 aliphatic rings. The van der Waals surface area contributed by atoms with Crippen molar-refractivity contribution in [2.45, 2.75) is 70.4 Å². The number of hydrogen-bond donors (Lipinski definition) is 0. The highest BCUT2D eigenvalue weighted by Gasteiger charge is 2.45. The standard InChI is InChI=1S/C27H37NO3/c1-5-25(29)28(20-22-12-8-7-9-13-22)18-16-27(17-19-31-26(3,6-2)21-27)23-14-10-11-15-24(23)30-4/h7-15H,5-6,16-21H2,1-4H3/t26-,27-/m0/s1. The summed E-state index contributed by atoms with van der Waals surface area (Å²) in [5.74, 6) is 1.13. The van der Waals surface area contributed by atoms with Gasteiger partial charge in [0.15, 0.2) is 0 Å². The van der Waals surface area contributed by atoms with Crippen molar-refractivity contribution in [3.8, 4) is 5.75 Å². The molecule has 2 aromatic rings. The predicted octanol–water partition coefficient (Wildman–Crippen LogP) is 5.74. The fraction of sp³-hybridized carbons (Fsp3) is 0.519. The third-order valence-electron chi connectivity index (χ3n) is 6.90. The second-order valence-corrected chi connectivity index (χ2v) is 8.96. The summed E-state index contributed by atoms with van der Waals surface area (Å²) >= 11 is 0. The molecule has 2 aromatic carbocycles. The Kier molecular flexibility index (Phi) is 7.77. The first-order valence-electron chi connectivity index (χ1n) is 11.5. The zero-order valence-electron chi connectivity index (χ0n) is 19.5. The molecule has 0 aliphatic carbocycles. The second-order valence-electron chi connectivity index (χ2n) is 8.96. The van der Waals surface area contributed by atoms with Gasteiger partial charge in [-0.25, -0.2) is 0 Å². The van der Waals surface area contributed by atoms with Crippen LogP contribution in [0.4, 0.5) is 0 Å². The van der Waals surface area contributed by atoms with E-state index in [0.717, 1.165) is 44.6 Å². The maximum Gasteiger partial charge on any atom is 0.222 e. The monoisotopic (exact) mass is 423 g/mol. The van der Waals surface area contributed by atoms with Gasteiger partial charge in [0.25, 0.3) is 0 Å². The van der Waals surface area contributed by atoms with Gasteiger partial charge >= 0.3 is 0 Å². The molecule has 0 aromatic heterocycles. The van der Waals surface area contributed by atoms with Crippen LogP contribution in [0, 0.1) is 0 Å². The van der Waals surface area contributed by atoms with Crippen LogP contribution in [-0.2, 0) is 21.5 Å². The van der Waals surface area contributed by atoms with Crippen molar-refractivity contribution in [3.05, 3.63) is 65.7 Å². The summed E-state index contributed by atoms with van der Waals surface area (Å²) in [6.45, 7) is 8.45. The number of carbonyl (C=O) groups is 1. The minimum Gasteiger partial charge on any atom is -0.496 e. The van der Waals surface area contributed by atoms with E-state index in [1.807, 2.05) is 36.1 Å². The van der Waals surface area contributed by atoms with Crippen LogP contribution in [0.5, 0.6) is 5.75 Å². The minimum atomic E-state index is -0.169. The van der Waals surface area contributed by atoms with Crippen molar-refractivity contribution in [2.24, 2.45) is 0 Å². The zero-order chi connectivity index (χ0) is 22.3. The first-order chi connectivity index (χ1) is 14.9. The van der Waals surface area contributed by atoms with Crippen molar-refractivity contribution in [2.75, 3.05) is 20.3 Å². The summed E-state index contributed by atoms with van der Waals surface area (Å²) in [6.07, 6.45) is 4.24. The third-order valence-corrected chi connectivity index (χ3v) is 6.90. The van der Waals surface area contributed by atoms with Gasteiger partial charge in [-0.15, -0.1) is 0 Å². The lowest BCUT2D eigenvalue weighted by Crippen LogP contribution is -2.47. The van der Waals surface area contributed by atoms with Gasteiger partial charge in [-0.2, -0.15) is 0 Å². The molecule has 1 aliphatic heterocycles.